The molecule has 0 saturated carbocycles. The van der Waals surface area contributed by atoms with Crippen molar-refractivity contribution in [3.63, 3.8) is 0 Å². The predicted octanol–water partition coefficient (Wildman–Crippen LogP) is 1.45. The standard InChI is InChI=1S/C16H25N3O2/c1-3-19(4-2)16(21)12-18-15(20)11-10-14(17)13-8-6-5-7-9-13/h5-9,14H,3-4,10-12,17H2,1-2H3,(H,18,20). The number of benzene rings is 1. The number of carbonyl (C=O) groups is 2. The highest BCUT2D eigenvalue weighted by Crippen LogP contribution is 2.14. The van der Waals surface area contributed by atoms with Crippen molar-refractivity contribution in [3.8, 4) is 0 Å². The highest BCUT2D eigenvalue weighted by molar-refractivity contribution is 5.84. The van der Waals surface area contributed by atoms with Crippen LogP contribution in [0, 0.1) is 0 Å². The van der Waals surface area contributed by atoms with E-state index in [-0.39, 0.29) is 24.4 Å². The fourth-order valence-electron chi connectivity index (χ4n) is 2.10. The molecule has 2 amide bonds. The summed E-state index contributed by atoms with van der Waals surface area (Å²) in [6.07, 6.45) is 0.886. The van der Waals surface area contributed by atoms with E-state index in [9.17, 15) is 9.59 Å². The molecule has 1 rings (SSSR count). The first kappa shape index (κ1) is 17.2. The first-order valence-corrected chi connectivity index (χ1v) is 7.43. The molecule has 3 N–H and O–H groups in total. The zero-order valence-corrected chi connectivity index (χ0v) is 12.8. The molecule has 1 aromatic carbocycles. The number of carbonyl (C=O) groups excluding carboxylic acids is 2. The van der Waals surface area contributed by atoms with Crippen molar-refractivity contribution < 1.29 is 9.59 Å². The van der Waals surface area contributed by atoms with Crippen LogP contribution in [0.3, 0.4) is 0 Å². The van der Waals surface area contributed by atoms with E-state index >= 15 is 0 Å². The Balaban J connectivity index is 2.30. The average molecular weight is 291 g/mol. The minimum atomic E-state index is -0.157. The van der Waals surface area contributed by atoms with Gasteiger partial charge in [-0.15, -0.1) is 0 Å². The van der Waals surface area contributed by atoms with E-state index in [0.29, 0.717) is 25.9 Å². The molecular weight excluding hydrogens is 266 g/mol. The van der Waals surface area contributed by atoms with Gasteiger partial charge in [-0.25, -0.2) is 0 Å². The highest BCUT2D eigenvalue weighted by atomic mass is 16.2. The van der Waals surface area contributed by atoms with E-state index in [0.717, 1.165) is 5.56 Å². The van der Waals surface area contributed by atoms with Crippen LogP contribution in [0.4, 0.5) is 0 Å². The van der Waals surface area contributed by atoms with Gasteiger partial charge < -0.3 is 16.0 Å². The largest absolute Gasteiger partial charge is 0.347 e. The van der Waals surface area contributed by atoms with E-state index in [1.54, 1.807) is 4.90 Å². The van der Waals surface area contributed by atoms with Gasteiger partial charge in [0.05, 0.1) is 6.54 Å². The lowest BCUT2D eigenvalue weighted by Gasteiger charge is -2.18. The molecule has 116 valence electrons. The van der Waals surface area contributed by atoms with Gasteiger partial charge in [0.25, 0.3) is 0 Å². The van der Waals surface area contributed by atoms with Crippen molar-refractivity contribution in [2.75, 3.05) is 19.6 Å². The predicted molar refractivity (Wildman–Crippen MR) is 83.5 cm³/mol. The molecule has 1 aromatic rings. The lowest BCUT2D eigenvalue weighted by molar-refractivity contribution is -0.132. The van der Waals surface area contributed by atoms with Crippen molar-refractivity contribution in [2.24, 2.45) is 5.73 Å². The first-order chi connectivity index (χ1) is 10.1. The molecule has 5 heteroatoms. The Morgan fingerprint density at radius 3 is 2.38 bits per heavy atom. The molecule has 0 spiro atoms. The monoisotopic (exact) mass is 291 g/mol. The fourth-order valence-corrected chi connectivity index (χ4v) is 2.10. The summed E-state index contributed by atoms with van der Waals surface area (Å²) in [7, 11) is 0. The zero-order chi connectivity index (χ0) is 15.7. The lowest BCUT2D eigenvalue weighted by atomic mass is 10.0. The molecule has 1 atom stereocenters. The van der Waals surface area contributed by atoms with Crippen molar-refractivity contribution in [1.82, 2.24) is 10.2 Å². The fraction of sp³-hybridized carbons (Fsp3) is 0.500. The van der Waals surface area contributed by atoms with Crippen LogP contribution >= 0.6 is 0 Å². The molecule has 0 aliphatic carbocycles. The topological polar surface area (TPSA) is 75.4 Å². The third-order valence-corrected chi connectivity index (χ3v) is 3.46. The molecular formula is C16H25N3O2. The van der Waals surface area contributed by atoms with Crippen LogP contribution in [-0.2, 0) is 9.59 Å². The molecule has 0 aliphatic heterocycles. The van der Waals surface area contributed by atoms with Gasteiger partial charge >= 0.3 is 0 Å². The molecule has 0 aliphatic rings. The van der Waals surface area contributed by atoms with Gasteiger partial charge in [-0.05, 0) is 25.8 Å². The third-order valence-electron chi connectivity index (χ3n) is 3.46. The summed E-state index contributed by atoms with van der Waals surface area (Å²) >= 11 is 0. The van der Waals surface area contributed by atoms with E-state index in [1.165, 1.54) is 0 Å². The molecule has 0 bridgehead atoms. The van der Waals surface area contributed by atoms with Crippen molar-refractivity contribution >= 4 is 11.8 Å². The Bertz CT molecular complexity index is 444. The van der Waals surface area contributed by atoms with Crippen molar-refractivity contribution in [3.05, 3.63) is 35.9 Å². The maximum absolute atomic E-state index is 11.8. The Kier molecular flexibility index (Phi) is 7.46. The van der Waals surface area contributed by atoms with Crippen LogP contribution in [-0.4, -0.2) is 36.3 Å². The second-order valence-electron chi connectivity index (χ2n) is 4.90. The van der Waals surface area contributed by atoms with Gasteiger partial charge in [-0.1, -0.05) is 30.3 Å². The number of nitrogens with zero attached hydrogens (tertiary/aromatic N) is 1. The summed E-state index contributed by atoms with van der Waals surface area (Å²) in [5, 5.41) is 2.65. The molecule has 0 aromatic heterocycles. The van der Waals surface area contributed by atoms with Gasteiger partial charge in [0.1, 0.15) is 0 Å². The molecule has 0 saturated heterocycles. The summed E-state index contributed by atoms with van der Waals surface area (Å²) in [4.78, 5) is 25.2. The number of nitrogens with one attached hydrogen (secondary N) is 1. The molecule has 21 heavy (non-hydrogen) atoms. The van der Waals surface area contributed by atoms with E-state index < -0.39 is 0 Å². The van der Waals surface area contributed by atoms with Crippen LogP contribution < -0.4 is 11.1 Å². The second-order valence-corrected chi connectivity index (χ2v) is 4.90. The molecule has 0 fully saturated rings. The smallest absolute Gasteiger partial charge is 0.241 e. The highest BCUT2D eigenvalue weighted by Gasteiger charge is 2.12. The first-order valence-electron chi connectivity index (χ1n) is 7.43. The number of rotatable bonds is 8. The van der Waals surface area contributed by atoms with Crippen LogP contribution in [0.1, 0.15) is 38.3 Å². The van der Waals surface area contributed by atoms with Gasteiger partial charge in [0.15, 0.2) is 0 Å². The molecule has 1 unspecified atom stereocenters. The Hall–Kier alpha value is -1.88. The number of nitrogens with two attached hydrogens (primary N) is 1. The minimum absolute atomic E-state index is 0.0549. The quantitative estimate of drug-likeness (QED) is 0.761. The summed E-state index contributed by atoms with van der Waals surface area (Å²) in [6.45, 7) is 5.21. The molecule has 5 nitrogen and oxygen atoms in total. The van der Waals surface area contributed by atoms with Crippen LogP contribution in [0.5, 0.6) is 0 Å². The second kappa shape index (κ2) is 9.13. The molecule has 0 radical (unpaired) electrons. The third kappa shape index (κ3) is 5.95. The maximum atomic E-state index is 11.8. The van der Waals surface area contributed by atoms with Crippen molar-refractivity contribution in [2.45, 2.75) is 32.7 Å². The number of likely N-dealkylation sites (N-methyl/N-ethyl adjacent to an activating group) is 1. The van der Waals surface area contributed by atoms with Gasteiger partial charge in [-0.2, -0.15) is 0 Å². The number of amides is 2. The number of hydrogen-bond donors (Lipinski definition) is 2. The normalized spacial score (nSPS) is 11.8. The van der Waals surface area contributed by atoms with E-state index in [1.807, 2.05) is 44.2 Å². The van der Waals surface area contributed by atoms with Crippen LogP contribution in [0.2, 0.25) is 0 Å². The Morgan fingerprint density at radius 2 is 1.81 bits per heavy atom. The Labute approximate surface area is 126 Å². The van der Waals surface area contributed by atoms with E-state index in [2.05, 4.69) is 5.32 Å². The lowest BCUT2D eigenvalue weighted by Crippen LogP contribution is -2.40. The molecule has 0 heterocycles. The Morgan fingerprint density at radius 1 is 1.19 bits per heavy atom. The summed E-state index contributed by atoms with van der Waals surface area (Å²) < 4.78 is 0. The van der Waals surface area contributed by atoms with Gasteiger partial charge in [-0.3, -0.25) is 9.59 Å². The average Bonchev–Trinajstić information content (AvgIpc) is 2.52. The zero-order valence-electron chi connectivity index (χ0n) is 12.8. The summed E-state index contributed by atoms with van der Waals surface area (Å²) in [6, 6.07) is 9.53. The van der Waals surface area contributed by atoms with E-state index in [4.69, 9.17) is 5.73 Å². The van der Waals surface area contributed by atoms with Gasteiger partial charge in [0.2, 0.25) is 11.8 Å². The van der Waals surface area contributed by atoms with Gasteiger partial charge in [0, 0.05) is 25.6 Å². The SMILES string of the molecule is CCN(CC)C(=O)CNC(=O)CCC(N)c1ccccc1. The van der Waals surface area contributed by atoms with Crippen LogP contribution in [0.15, 0.2) is 30.3 Å². The maximum Gasteiger partial charge on any atom is 0.241 e. The van der Waals surface area contributed by atoms with Crippen molar-refractivity contribution in [1.29, 1.82) is 0 Å². The number of hydrogen-bond acceptors (Lipinski definition) is 3. The van der Waals surface area contributed by atoms with Crippen LogP contribution in [0.25, 0.3) is 0 Å². The summed E-state index contributed by atoms with van der Waals surface area (Å²) in [5.41, 5.74) is 7.05. The minimum Gasteiger partial charge on any atom is -0.347 e. The summed E-state index contributed by atoms with van der Waals surface area (Å²) in [5.74, 6) is -0.192.